The minimum atomic E-state index is 0.000137. The first kappa shape index (κ1) is 15.7. The van der Waals surface area contributed by atoms with E-state index in [0.717, 1.165) is 38.0 Å². The number of aryl methyl sites for hydroxylation is 1. The Labute approximate surface area is 138 Å². The van der Waals surface area contributed by atoms with Crippen molar-refractivity contribution in [2.24, 2.45) is 0 Å². The first-order chi connectivity index (χ1) is 11.2. The maximum absolute atomic E-state index is 12.7. The molecule has 1 aliphatic rings. The highest BCUT2D eigenvalue weighted by molar-refractivity contribution is 5.89. The third kappa shape index (κ3) is 3.26. The molecule has 0 spiro atoms. The number of fused-ring (bicyclic) bond motifs is 1. The van der Waals surface area contributed by atoms with Gasteiger partial charge in [-0.1, -0.05) is 32.4 Å². The van der Waals surface area contributed by atoms with Crippen molar-refractivity contribution in [1.29, 1.82) is 0 Å². The van der Waals surface area contributed by atoms with Crippen molar-refractivity contribution < 1.29 is 4.79 Å². The Kier molecular flexibility index (Phi) is 4.70. The van der Waals surface area contributed by atoms with Gasteiger partial charge in [0.05, 0.1) is 6.04 Å². The summed E-state index contributed by atoms with van der Waals surface area (Å²) < 4.78 is 2.26. The fraction of sp³-hybridized carbons (Fsp3) is 0.421. The van der Waals surface area contributed by atoms with Crippen LogP contribution in [0.15, 0.2) is 42.6 Å². The monoisotopic (exact) mass is 311 g/mol. The summed E-state index contributed by atoms with van der Waals surface area (Å²) in [4.78, 5) is 14.7. The molecule has 122 valence electrons. The predicted molar refractivity (Wildman–Crippen MR) is 93.6 cm³/mol. The molecular weight excluding hydrogens is 286 g/mol. The summed E-state index contributed by atoms with van der Waals surface area (Å²) in [5.41, 5.74) is 3.39. The number of hydrogen-bond donors (Lipinski definition) is 1. The van der Waals surface area contributed by atoms with Gasteiger partial charge < -0.3 is 14.8 Å². The Bertz CT molecular complexity index is 660. The number of nitrogens with one attached hydrogen (secondary N) is 1. The van der Waals surface area contributed by atoms with Crippen molar-refractivity contribution in [3.63, 3.8) is 0 Å². The molecule has 0 saturated carbocycles. The van der Waals surface area contributed by atoms with Gasteiger partial charge >= 0.3 is 6.03 Å². The van der Waals surface area contributed by atoms with Crippen LogP contribution >= 0.6 is 0 Å². The largest absolute Gasteiger partial charge is 0.348 e. The maximum atomic E-state index is 12.7. The lowest BCUT2D eigenvalue weighted by Gasteiger charge is -2.37. The number of anilines is 1. The number of hydrogen-bond acceptors (Lipinski definition) is 1. The second-order valence-corrected chi connectivity index (χ2v) is 6.10. The zero-order valence-electron chi connectivity index (χ0n) is 14.0. The van der Waals surface area contributed by atoms with Crippen molar-refractivity contribution in [3.05, 3.63) is 53.9 Å². The third-order valence-corrected chi connectivity index (χ3v) is 4.60. The van der Waals surface area contributed by atoms with Crippen LogP contribution in [-0.4, -0.2) is 22.0 Å². The fourth-order valence-corrected chi connectivity index (χ4v) is 3.30. The van der Waals surface area contributed by atoms with Crippen LogP contribution in [0, 0.1) is 0 Å². The van der Waals surface area contributed by atoms with Crippen molar-refractivity contribution in [1.82, 2.24) is 9.47 Å². The molecule has 1 aromatic heterocycles. The van der Waals surface area contributed by atoms with Gasteiger partial charge in [-0.25, -0.2) is 4.79 Å². The summed E-state index contributed by atoms with van der Waals surface area (Å²) in [6, 6.07) is 12.5. The van der Waals surface area contributed by atoms with Crippen molar-refractivity contribution in [2.75, 3.05) is 11.9 Å². The number of nitrogens with zero attached hydrogens (tertiary/aromatic N) is 2. The van der Waals surface area contributed by atoms with Gasteiger partial charge in [-0.2, -0.15) is 0 Å². The van der Waals surface area contributed by atoms with E-state index in [4.69, 9.17) is 0 Å². The second-order valence-electron chi connectivity index (χ2n) is 6.10. The summed E-state index contributed by atoms with van der Waals surface area (Å²) in [7, 11) is 0. The van der Waals surface area contributed by atoms with E-state index >= 15 is 0 Å². The van der Waals surface area contributed by atoms with Crippen LogP contribution in [-0.2, 0) is 13.0 Å². The first-order valence-electron chi connectivity index (χ1n) is 8.54. The average Bonchev–Trinajstić information content (AvgIpc) is 3.05. The van der Waals surface area contributed by atoms with Crippen LogP contribution in [0.2, 0.25) is 0 Å². The number of benzene rings is 1. The van der Waals surface area contributed by atoms with Gasteiger partial charge in [0.1, 0.15) is 0 Å². The number of amides is 2. The summed E-state index contributed by atoms with van der Waals surface area (Å²) >= 11 is 0. The molecule has 3 rings (SSSR count). The second kappa shape index (κ2) is 6.90. The predicted octanol–water partition coefficient (Wildman–Crippen LogP) is 4.44. The number of urea groups is 1. The van der Waals surface area contributed by atoms with E-state index in [2.05, 4.69) is 54.2 Å². The van der Waals surface area contributed by atoms with E-state index < -0.39 is 0 Å². The number of aromatic nitrogens is 1. The highest BCUT2D eigenvalue weighted by atomic mass is 16.2. The molecule has 0 aliphatic carbocycles. The van der Waals surface area contributed by atoms with Crippen molar-refractivity contribution >= 4 is 11.7 Å². The Hall–Kier alpha value is -2.23. The molecule has 0 unspecified atom stereocenters. The summed E-state index contributed by atoms with van der Waals surface area (Å²) in [5, 5.41) is 3.05. The first-order valence-corrected chi connectivity index (χ1v) is 8.54. The van der Waals surface area contributed by atoms with Crippen LogP contribution in [0.3, 0.4) is 0 Å². The lowest BCUT2D eigenvalue weighted by molar-refractivity contribution is 0.163. The van der Waals surface area contributed by atoms with Gasteiger partial charge in [0.2, 0.25) is 0 Å². The van der Waals surface area contributed by atoms with Gasteiger partial charge in [0.15, 0.2) is 0 Å². The van der Waals surface area contributed by atoms with Crippen LogP contribution in [0.1, 0.15) is 44.0 Å². The highest BCUT2D eigenvalue weighted by Gasteiger charge is 2.30. The number of carbonyl (C=O) groups excluding carboxylic acids is 1. The number of rotatable bonds is 4. The molecular formula is C19H25N3O. The molecule has 4 nitrogen and oxygen atoms in total. The van der Waals surface area contributed by atoms with E-state index in [-0.39, 0.29) is 12.1 Å². The Morgan fingerprint density at radius 2 is 1.96 bits per heavy atom. The molecule has 4 heteroatoms. The van der Waals surface area contributed by atoms with Gasteiger partial charge in [0, 0.05) is 30.7 Å². The third-order valence-electron chi connectivity index (χ3n) is 4.60. The molecule has 0 radical (unpaired) electrons. The molecule has 2 aromatic rings. The molecule has 2 amide bonds. The van der Waals surface area contributed by atoms with Crippen LogP contribution < -0.4 is 5.32 Å². The summed E-state index contributed by atoms with van der Waals surface area (Å²) in [6.07, 6.45) is 5.17. The average molecular weight is 311 g/mol. The standard InChI is InChI=1S/C19H25N3O/c1-3-6-18-17-7-5-12-21(17)13-14-22(18)19(23)20-16-10-8-15(4-2)9-11-16/h5,7-12,18H,3-4,6,13-14H2,1-2H3,(H,20,23)/t18-/m1/s1. The molecule has 0 fully saturated rings. The molecule has 1 aromatic carbocycles. The van der Waals surface area contributed by atoms with Gasteiger partial charge in [-0.3, -0.25) is 0 Å². The van der Waals surface area contributed by atoms with Gasteiger partial charge in [-0.05, 0) is 42.7 Å². The number of carbonyl (C=O) groups is 1. The molecule has 2 heterocycles. The van der Waals surface area contributed by atoms with Gasteiger partial charge in [0.25, 0.3) is 0 Å². The Balaban J connectivity index is 1.75. The molecule has 1 aliphatic heterocycles. The summed E-state index contributed by atoms with van der Waals surface area (Å²) in [5.74, 6) is 0. The van der Waals surface area contributed by atoms with Crippen molar-refractivity contribution in [3.8, 4) is 0 Å². The zero-order chi connectivity index (χ0) is 16.2. The van der Waals surface area contributed by atoms with E-state index in [1.54, 1.807) is 0 Å². The molecule has 0 saturated heterocycles. The molecule has 1 N–H and O–H groups in total. The van der Waals surface area contributed by atoms with Crippen molar-refractivity contribution in [2.45, 2.75) is 45.7 Å². The maximum Gasteiger partial charge on any atom is 0.322 e. The zero-order valence-corrected chi connectivity index (χ0v) is 14.0. The molecule has 0 bridgehead atoms. The highest BCUT2D eigenvalue weighted by Crippen LogP contribution is 2.30. The minimum Gasteiger partial charge on any atom is -0.348 e. The lowest BCUT2D eigenvalue weighted by Crippen LogP contribution is -2.44. The van der Waals surface area contributed by atoms with Crippen LogP contribution in [0.25, 0.3) is 0 Å². The van der Waals surface area contributed by atoms with Gasteiger partial charge in [-0.15, -0.1) is 0 Å². The lowest BCUT2D eigenvalue weighted by atomic mass is 10.0. The quantitative estimate of drug-likeness (QED) is 0.890. The minimum absolute atomic E-state index is 0.000137. The van der Waals surface area contributed by atoms with E-state index in [1.165, 1.54) is 11.3 Å². The SMILES string of the molecule is CCC[C@@H]1c2cccn2CCN1C(=O)Nc1ccc(CC)cc1. The molecule has 23 heavy (non-hydrogen) atoms. The van der Waals surface area contributed by atoms with Crippen LogP contribution in [0.4, 0.5) is 10.5 Å². The Morgan fingerprint density at radius 3 is 2.65 bits per heavy atom. The topological polar surface area (TPSA) is 37.3 Å². The van der Waals surface area contributed by atoms with E-state index in [0.29, 0.717) is 0 Å². The molecule has 1 atom stereocenters. The Morgan fingerprint density at radius 1 is 1.17 bits per heavy atom. The normalized spacial score (nSPS) is 17.0. The van der Waals surface area contributed by atoms with E-state index in [1.807, 2.05) is 17.0 Å². The summed E-state index contributed by atoms with van der Waals surface area (Å²) in [6.45, 7) is 5.92. The van der Waals surface area contributed by atoms with E-state index in [9.17, 15) is 4.79 Å². The van der Waals surface area contributed by atoms with Crippen LogP contribution in [0.5, 0.6) is 0 Å². The fourth-order valence-electron chi connectivity index (χ4n) is 3.30. The smallest absolute Gasteiger partial charge is 0.322 e.